The molecule has 0 saturated heterocycles. The van der Waals surface area contributed by atoms with Gasteiger partial charge in [-0.2, -0.15) is 0 Å². The number of carbonyl (C=O) groups is 1. The van der Waals surface area contributed by atoms with Crippen LogP contribution in [0, 0.1) is 0 Å². The molecule has 0 saturated carbocycles. The van der Waals surface area contributed by atoms with Crippen molar-refractivity contribution in [2.45, 2.75) is 26.4 Å². The SMILES string of the molecule is CCc1ccc(Cn2c(=O)c3sccc3n3c(=O)n(CC(N)=O)nc23)cc1. The van der Waals surface area contributed by atoms with Crippen molar-refractivity contribution in [1.82, 2.24) is 18.7 Å². The van der Waals surface area contributed by atoms with E-state index in [0.29, 0.717) is 10.2 Å². The van der Waals surface area contributed by atoms with Gasteiger partial charge in [-0.05, 0) is 29.0 Å². The van der Waals surface area contributed by atoms with Gasteiger partial charge in [0.1, 0.15) is 11.2 Å². The zero-order valence-corrected chi connectivity index (χ0v) is 15.4. The zero-order chi connectivity index (χ0) is 19.1. The summed E-state index contributed by atoms with van der Waals surface area (Å²) >= 11 is 1.27. The van der Waals surface area contributed by atoms with Gasteiger partial charge >= 0.3 is 5.69 Å². The van der Waals surface area contributed by atoms with Gasteiger partial charge in [0, 0.05) is 0 Å². The molecule has 138 valence electrons. The summed E-state index contributed by atoms with van der Waals surface area (Å²) in [6, 6.07) is 9.64. The molecule has 0 radical (unpaired) electrons. The molecule has 0 unspecified atom stereocenters. The molecule has 9 heteroatoms. The second kappa shape index (κ2) is 6.51. The van der Waals surface area contributed by atoms with Crippen molar-refractivity contribution in [2.75, 3.05) is 0 Å². The van der Waals surface area contributed by atoms with Crippen LogP contribution in [0.25, 0.3) is 16.0 Å². The van der Waals surface area contributed by atoms with Crippen LogP contribution in [0.15, 0.2) is 45.3 Å². The highest BCUT2D eigenvalue weighted by Gasteiger charge is 2.19. The molecule has 27 heavy (non-hydrogen) atoms. The summed E-state index contributed by atoms with van der Waals surface area (Å²) in [5.41, 5.74) is 7.10. The van der Waals surface area contributed by atoms with Gasteiger partial charge in [0.2, 0.25) is 11.7 Å². The van der Waals surface area contributed by atoms with Gasteiger partial charge in [-0.15, -0.1) is 16.4 Å². The van der Waals surface area contributed by atoms with E-state index in [-0.39, 0.29) is 24.4 Å². The molecule has 0 aliphatic rings. The normalized spacial score (nSPS) is 11.4. The number of fused-ring (bicyclic) bond motifs is 3. The Morgan fingerprint density at radius 3 is 2.52 bits per heavy atom. The van der Waals surface area contributed by atoms with Crippen molar-refractivity contribution >= 4 is 33.2 Å². The van der Waals surface area contributed by atoms with Crippen molar-refractivity contribution in [1.29, 1.82) is 0 Å². The molecule has 1 aromatic carbocycles. The van der Waals surface area contributed by atoms with Crippen LogP contribution in [0.5, 0.6) is 0 Å². The lowest BCUT2D eigenvalue weighted by Crippen LogP contribution is -2.29. The number of primary amides is 1. The Bertz CT molecular complexity index is 1280. The number of nitrogens with two attached hydrogens (primary N) is 1. The van der Waals surface area contributed by atoms with Crippen LogP contribution in [0.1, 0.15) is 18.1 Å². The van der Waals surface area contributed by atoms with E-state index in [1.807, 2.05) is 24.3 Å². The number of aromatic nitrogens is 4. The Balaban J connectivity index is 1.96. The van der Waals surface area contributed by atoms with Crippen LogP contribution < -0.4 is 17.0 Å². The maximum atomic E-state index is 13.0. The largest absolute Gasteiger partial charge is 0.368 e. The van der Waals surface area contributed by atoms with E-state index in [1.165, 1.54) is 25.9 Å². The fraction of sp³-hybridized carbons (Fsp3) is 0.222. The molecular formula is C18H17N5O3S. The van der Waals surface area contributed by atoms with Crippen LogP contribution in [0.3, 0.4) is 0 Å². The first-order valence-electron chi connectivity index (χ1n) is 8.45. The van der Waals surface area contributed by atoms with Gasteiger partial charge in [-0.1, -0.05) is 31.2 Å². The highest BCUT2D eigenvalue weighted by Crippen LogP contribution is 2.18. The van der Waals surface area contributed by atoms with E-state index in [2.05, 4.69) is 12.0 Å². The number of nitrogens with zero attached hydrogens (tertiary/aromatic N) is 4. The molecule has 0 aliphatic carbocycles. The minimum absolute atomic E-state index is 0.191. The van der Waals surface area contributed by atoms with Crippen molar-refractivity contribution in [2.24, 2.45) is 5.73 Å². The molecule has 0 atom stereocenters. The molecule has 0 spiro atoms. The second-order valence-corrected chi connectivity index (χ2v) is 7.15. The van der Waals surface area contributed by atoms with Crippen LogP contribution in [-0.4, -0.2) is 24.7 Å². The summed E-state index contributed by atoms with van der Waals surface area (Å²) in [6.07, 6.45) is 0.929. The fourth-order valence-electron chi connectivity index (χ4n) is 3.09. The summed E-state index contributed by atoms with van der Waals surface area (Å²) in [6.45, 7) is 2.00. The maximum Gasteiger partial charge on any atom is 0.352 e. The Labute approximate surface area is 157 Å². The number of rotatable bonds is 5. The summed E-state index contributed by atoms with van der Waals surface area (Å²) in [5, 5.41) is 5.96. The number of hydrogen-bond donors (Lipinski definition) is 1. The van der Waals surface area contributed by atoms with Gasteiger partial charge in [-0.25, -0.2) is 13.9 Å². The maximum absolute atomic E-state index is 13.0. The Kier molecular flexibility index (Phi) is 4.15. The lowest BCUT2D eigenvalue weighted by Gasteiger charge is -2.08. The molecule has 3 aromatic heterocycles. The Morgan fingerprint density at radius 1 is 1.15 bits per heavy atom. The van der Waals surface area contributed by atoms with E-state index in [1.54, 1.807) is 11.4 Å². The van der Waals surface area contributed by atoms with Crippen molar-refractivity contribution in [3.8, 4) is 0 Å². The number of thiophene rings is 1. The van der Waals surface area contributed by atoms with E-state index in [4.69, 9.17) is 5.73 Å². The molecule has 4 rings (SSSR count). The van der Waals surface area contributed by atoms with Crippen molar-refractivity contribution in [3.05, 3.63) is 67.7 Å². The minimum Gasteiger partial charge on any atom is -0.368 e. The summed E-state index contributed by atoms with van der Waals surface area (Å²) in [7, 11) is 0. The Morgan fingerprint density at radius 2 is 1.85 bits per heavy atom. The molecule has 1 amide bonds. The third-order valence-corrected chi connectivity index (χ3v) is 5.36. The standard InChI is InChI=1S/C18H17N5O3S/c1-2-11-3-5-12(6-4-11)9-21-16(25)15-13(7-8-27-15)23-17(21)20-22(18(23)26)10-14(19)24/h3-8H,2,9-10H2,1H3,(H2,19,24). The lowest BCUT2D eigenvalue weighted by atomic mass is 10.1. The first kappa shape index (κ1) is 17.2. The number of carbonyl (C=O) groups excluding carboxylic acids is 1. The molecular weight excluding hydrogens is 366 g/mol. The first-order valence-corrected chi connectivity index (χ1v) is 9.33. The zero-order valence-electron chi connectivity index (χ0n) is 14.6. The summed E-state index contributed by atoms with van der Waals surface area (Å²) < 4.78 is 4.27. The van der Waals surface area contributed by atoms with Gasteiger partial charge in [0.05, 0.1) is 12.1 Å². The number of aryl methyl sites for hydroxylation is 1. The van der Waals surface area contributed by atoms with Crippen molar-refractivity contribution in [3.63, 3.8) is 0 Å². The molecule has 0 bridgehead atoms. The van der Waals surface area contributed by atoms with E-state index >= 15 is 0 Å². The van der Waals surface area contributed by atoms with Crippen LogP contribution in [0.4, 0.5) is 0 Å². The number of hydrogen-bond acceptors (Lipinski definition) is 5. The van der Waals surface area contributed by atoms with Gasteiger partial charge in [0.25, 0.3) is 5.56 Å². The van der Waals surface area contributed by atoms with E-state index < -0.39 is 11.6 Å². The van der Waals surface area contributed by atoms with Crippen molar-refractivity contribution < 1.29 is 4.79 Å². The molecule has 0 fully saturated rings. The monoisotopic (exact) mass is 383 g/mol. The number of amides is 1. The third kappa shape index (κ3) is 2.85. The average Bonchev–Trinajstić information content (AvgIpc) is 3.24. The fourth-order valence-corrected chi connectivity index (χ4v) is 3.91. The topological polar surface area (TPSA) is 104 Å². The number of benzene rings is 1. The predicted molar refractivity (Wildman–Crippen MR) is 103 cm³/mol. The molecule has 4 aromatic rings. The highest BCUT2D eigenvalue weighted by molar-refractivity contribution is 7.17. The van der Waals surface area contributed by atoms with Crippen LogP contribution >= 0.6 is 11.3 Å². The second-order valence-electron chi connectivity index (χ2n) is 6.24. The third-order valence-electron chi connectivity index (χ3n) is 4.47. The summed E-state index contributed by atoms with van der Waals surface area (Å²) in [5.74, 6) is -0.483. The molecule has 3 heterocycles. The molecule has 8 nitrogen and oxygen atoms in total. The molecule has 0 aliphatic heterocycles. The van der Waals surface area contributed by atoms with Gasteiger partial charge in [0.15, 0.2) is 0 Å². The minimum atomic E-state index is -0.675. The predicted octanol–water partition coefficient (Wildman–Crippen LogP) is 0.968. The highest BCUT2D eigenvalue weighted by atomic mass is 32.1. The van der Waals surface area contributed by atoms with Gasteiger partial charge in [-0.3, -0.25) is 14.2 Å². The molecule has 2 N–H and O–H groups in total. The average molecular weight is 383 g/mol. The first-order chi connectivity index (χ1) is 13.0. The quantitative estimate of drug-likeness (QED) is 0.554. The lowest BCUT2D eigenvalue weighted by molar-refractivity contribution is -0.118. The van der Waals surface area contributed by atoms with Crippen LogP contribution in [0.2, 0.25) is 0 Å². The summed E-state index contributed by atoms with van der Waals surface area (Å²) in [4.78, 5) is 37.0. The van der Waals surface area contributed by atoms with E-state index in [9.17, 15) is 14.4 Å². The smallest absolute Gasteiger partial charge is 0.352 e. The van der Waals surface area contributed by atoms with E-state index in [0.717, 1.165) is 16.7 Å². The Hall–Kier alpha value is -3.20. The van der Waals surface area contributed by atoms with Gasteiger partial charge < -0.3 is 5.73 Å². The van der Waals surface area contributed by atoms with Crippen LogP contribution in [-0.2, 0) is 24.3 Å².